The summed E-state index contributed by atoms with van der Waals surface area (Å²) in [6, 6.07) is 0. The minimum atomic E-state index is -0.795. The molecule has 0 radical (unpaired) electrons. The van der Waals surface area contributed by atoms with Crippen LogP contribution in [0.5, 0.6) is 0 Å². The molecule has 0 aliphatic rings. The van der Waals surface area contributed by atoms with E-state index in [1.165, 1.54) is 173 Å². The summed E-state index contributed by atoms with van der Waals surface area (Å²) in [6.45, 7) is 6.50. The smallest absolute Gasteiger partial charge is 0.306 e. The molecule has 0 aromatic carbocycles. The molecule has 0 aromatic heterocycles. The first-order chi connectivity index (χ1) is 39.0. The van der Waals surface area contributed by atoms with E-state index in [9.17, 15) is 14.4 Å². The fourth-order valence-corrected chi connectivity index (χ4v) is 9.50. The van der Waals surface area contributed by atoms with Crippen LogP contribution in [0.25, 0.3) is 0 Å². The second-order valence-corrected chi connectivity index (χ2v) is 22.3. The van der Waals surface area contributed by atoms with Crippen molar-refractivity contribution < 1.29 is 28.6 Å². The third-order valence-corrected chi connectivity index (χ3v) is 14.5. The monoisotopic (exact) mass is 1100 g/mol. The first-order valence-electron chi connectivity index (χ1n) is 33.7. The Kier molecular flexibility index (Phi) is 63.7. The lowest BCUT2D eigenvalue weighted by molar-refractivity contribution is -0.167. The van der Waals surface area contributed by atoms with E-state index in [1.54, 1.807) is 0 Å². The Morgan fingerprint density at radius 1 is 0.266 bits per heavy atom. The van der Waals surface area contributed by atoms with E-state index in [0.29, 0.717) is 19.3 Å². The number of carbonyl (C=O) groups excluding carboxylic acids is 3. The Balaban J connectivity index is 4.23. The Hall–Kier alpha value is -3.67. The Bertz CT molecular complexity index is 1540. The number of hydrogen-bond donors (Lipinski definition) is 0. The molecule has 0 fully saturated rings. The molecular weight excluding hydrogens is 973 g/mol. The van der Waals surface area contributed by atoms with E-state index in [2.05, 4.69) is 118 Å². The summed E-state index contributed by atoms with van der Waals surface area (Å²) < 4.78 is 16.9. The van der Waals surface area contributed by atoms with E-state index in [1.807, 2.05) is 0 Å². The number of hydrogen-bond acceptors (Lipinski definition) is 6. The van der Waals surface area contributed by atoms with Gasteiger partial charge >= 0.3 is 17.9 Å². The molecule has 454 valence electrons. The maximum atomic E-state index is 12.9. The average Bonchev–Trinajstić information content (AvgIpc) is 3.45. The van der Waals surface area contributed by atoms with Crippen LogP contribution in [0.3, 0.4) is 0 Å². The maximum absolute atomic E-state index is 12.9. The average molecular weight is 1100 g/mol. The third kappa shape index (κ3) is 65.0. The summed E-state index contributed by atoms with van der Waals surface area (Å²) >= 11 is 0. The van der Waals surface area contributed by atoms with Crippen molar-refractivity contribution in [3.63, 3.8) is 0 Å². The molecule has 1 unspecified atom stereocenters. The zero-order valence-electron chi connectivity index (χ0n) is 52.1. The van der Waals surface area contributed by atoms with Crippen molar-refractivity contribution in [3.05, 3.63) is 97.2 Å². The van der Waals surface area contributed by atoms with Crippen molar-refractivity contribution in [1.29, 1.82) is 0 Å². The lowest BCUT2D eigenvalue weighted by atomic mass is 10.0. The first kappa shape index (κ1) is 75.3. The molecule has 0 bridgehead atoms. The van der Waals surface area contributed by atoms with Crippen LogP contribution in [0.15, 0.2) is 97.2 Å². The molecule has 6 nitrogen and oxygen atoms in total. The number of rotatable bonds is 61. The van der Waals surface area contributed by atoms with Crippen LogP contribution in [0.4, 0.5) is 0 Å². The van der Waals surface area contributed by atoms with Gasteiger partial charge in [-0.3, -0.25) is 14.4 Å². The van der Waals surface area contributed by atoms with Gasteiger partial charge in [0, 0.05) is 19.3 Å². The highest BCUT2D eigenvalue weighted by Gasteiger charge is 2.19. The van der Waals surface area contributed by atoms with Crippen LogP contribution in [0.2, 0.25) is 0 Å². The molecule has 0 saturated heterocycles. The van der Waals surface area contributed by atoms with Crippen LogP contribution in [-0.2, 0) is 28.6 Å². The SMILES string of the molecule is CC/C=C\C/C=C\C/C=C\C/C=C\CCCCCCC(=O)OC(COC(=O)CCCCCCC/C=C\CCCCCC)COC(=O)CCCCCCCCCCCCCCCCCC/C=C\C/C=C\C/C=C\CCCCCCC. The third-order valence-electron chi connectivity index (χ3n) is 14.5. The fraction of sp³-hybridized carbons (Fsp3) is 0.740. The molecule has 1 atom stereocenters. The normalized spacial score (nSPS) is 12.7. The quantitative estimate of drug-likeness (QED) is 0.0261. The Morgan fingerprint density at radius 2 is 0.494 bits per heavy atom. The predicted octanol–water partition coefficient (Wildman–Crippen LogP) is 23.2. The number of carbonyl (C=O) groups is 3. The van der Waals surface area contributed by atoms with Gasteiger partial charge in [-0.25, -0.2) is 0 Å². The van der Waals surface area contributed by atoms with E-state index < -0.39 is 6.10 Å². The molecule has 79 heavy (non-hydrogen) atoms. The highest BCUT2D eigenvalue weighted by Crippen LogP contribution is 2.17. The van der Waals surface area contributed by atoms with Gasteiger partial charge in [0.1, 0.15) is 13.2 Å². The number of esters is 3. The first-order valence-corrected chi connectivity index (χ1v) is 33.7. The highest BCUT2D eigenvalue weighted by atomic mass is 16.6. The zero-order chi connectivity index (χ0) is 57.1. The standard InChI is InChI=1S/C73H126O6/c1-4-7-10-13-16-19-22-25-27-29-30-31-32-33-34-35-36-37-38-39-40-41-42-44-45-48-51-54-57-60-63-66-72(75)78-69-70(68-77-71(74)65-62-59-56-53-50-47-24-21-18-15-12-9-6-3)79-73(76)67-64-61-58-55-52-49-46-43-28-26-23-20-17-14-11-8-5-2/h8,11,17,20-22,24-26,28-30,32-33,46,49,70H,4-7,9-10,12-16,18-19,23,27,31,34-45,47-48,50-69H2,1-3H3/b11-8-,20-17-,24-21-,25-22-,28-26-,30-29-,33-32-,49-46-. The second kappa shape index (κ2) is 66.8. The van der Waals surface area contributed by atoms with Gasteiger partial charge in [-0.05, 0) is 122 Å². The van der Waals surface area contributed by atoms with Gasteiger partial charge in [0.05, 0.1) is 0 Å². The van der Waals surface area contributed by atoms with Crippen molar-refractivity contribution in [3.8, 4) is 0 Å². The zero-order valence-corrected chi connectivity index (χ0v) is 52.1. The lowest BCUT2D eigenvalue weighted by Gasteiger charge is -2.18. The Labute approximate surface area is 489 Å². The molecule has 0 amide bonds. The van der Waals surface area contributed by atoms with Crippen LogP contribution < -0.4 is 0 Å². The minimum absolute atomic E-state index is 0.0886. The van der Waals surface area contributed by atoms with E-state index in [0.717, 1.165) is 116 Å². The number of allylic oxidation sites excluding steroid dienone is 16. The van der Waals surface area contributed by atoms with E-state index >= 15 is 0 Å². The van der Waals surface area contributed by atoms with Crippen LogP contribution in [0.1, 0.15) is 329 Å². The number of ether oxygens (including phenoxy) is 3. The van der Waals surface area contributed by atoms with Crippen LogP contribution >= 0.6 is 0 Å². The van der Waals surface area contributed by atoms with E-state index in [-0.39, 0.29) is 31.1 Å². The number of unbranched alkanes of at least 4 members (excludes halogenated alkanes) is 34. The predicted molar refractivity (Wildman–Crippen MR) is 344 cm³/mol. The van der Waals surface area contributed by atoms with Crippen molar-refractivity contribution in [1.82, 2.24) is 0 Å². The maximum Gasteiger partial charge on any atom is 0.306 e. The summed E-state index contributed by atoms with van der Waals surface area (Å²) in [5.41, 5.74) is 0. The van der Waals surface area contributed by atoms with Gasteiger partial charge in [0.25, 0.3) is 0 Å². The molecule has 0 aromatic rings. The fourth-order valence-electron chi connectivity index (χ4n) is 9.50. The molecule has 0 aliphatic carbocycles. The highest BCUT2D eigenvalue weighted by molar-refractivity contribution is 5.71. The van der Waals surface area contributed by atoms with Gasteiger partial charge < -0.3 is 14.2 Å². The lowest BCUT2D eigenvalue weighted by Crippen LogP contribution is -2.30. The van der Waals surface area contributed by atoms with Gasteiger partial charge in [-0.2, -0.15) is 0 Å². The molecule has 0 aliphatic heterocycles. The topological polar surface area (TPSA) is 78.9 Å². The molecule has 0 N–H and O–H groups in total. The minimum Gasteiger partial charge on any atom is -0.462 e. The molecule has 0 saturated carbocycles. The largest absolute Gasteiger partial charge is 0.462 e. The van der Waals surface area contributed by atoms with Crippen LogP contribution in [-0.4, -0.2) is 37.2 Å². The molecule has 0 spiro atoms. The van der Waals surface area contributed by atoms with Crippen LogP contribution in [0, 0.1) is 0 Å². The molecular formula is C73H126O6. The summed E-state index contributed by atoms with van der Waals surface area (Å²) in [5, 5.41) is 0. The summed E-state index contributed by atoms with van der Waals surface area (Å²) in [7, 11) is 0. The Morgan fingerprint density at radius 3 is 0.797 bits per heavy atom. The van der Waals surface area contributed by atoms with Crippen molar-refractivity contribution in [2.75, 3.05) is 13.2 Å². The second-order valence-electron chi connectivity index (χ2n) is 22.3. The summed E-state index contributed by atoms with van der Waals surface area (Å²) in [6.07, 6.45) is 90.0. The van der Waals surface area contributed by atoms with Gasteiger partial charge in [0.15, 0.2) is 6.10 Å². The van der Waals surface area contributed by atoms with Gasteiger partial charge in [0.2, 0.25) is 0 Å². The van der Waals surface area contributed by atoms with Gasteiger partial charge in [-0.15, -0.1) is 0 Å². The summed E-state index contributed by atoms with van der Waals surface area (Å²) in [4.78, 5) is 38.3. The van der Waals surface area contributed by atoms with Crippen molar-refractivity contribution in [2.24, 2.45) is 0 Å². The summed E-state index contributed by atoms with van der Waals surface area (Å²) in [5.74, 6) is -0.911. The molecule has 0 rings (SSSR count). The molecule has 0 heterocycles. The van der Waals surface area contributed by atoms with Gasteiger partial charge in [-0.1, -0.05) is 285 Å². The molecule has 6 heteroatoms. The van der Waals surface area contributed by atoms with Crippen molar-refractivity contribution in [2.45, 2.75) is 335 Å². The van der Waals surface area contributed by atoms with E-state index in [4.69, 9.17) is 14.2 Å². The van der Waals surface area contributed by atoms with Crippen molar-refractivity contribution >= 4 is 17.9 Å².